The average molecular weight is 316 g/mol. The van der Waals surface area contributed by atoms with E-state index in [9.17, 15) is 19.8 Å². The third kappa shape index (κ3) is 2.07. The first kappa shape index (κ1) is 15.1. The van der Waals surface area contributed by atoms with Gasteiger partial charge in [-0.25, -0.2) is 0 Å². The number of aliphatic hydroxyl groups excluding tert-OH is 1. The van der Waals surface area contributed by atoms with E-state index >= 15 is 0 Å². The highest BCUT2D eigenvalue weighted by Crippen LogP contribution is 2.61. The van der Waals surface area contributed by atoms with Crippen molar-refractivity contribution < 1.29 is 19.8 Å². The number of fused-ring (bicyclic) bond motifs is 4. The Morgan fingerprint density at radius 2 is 2.04 bits per heavy atom. The predicted octanol–water partition coefficient (Wildman–Crippen LogP) is 2.86. The van der Waals surface area contributed by atoms with Crippen molar-refractivity contribution in [1.82, 2.24) is 0 Å². The Balaban J connectivity index is 1.83. The van der Waals surface area contributed by atoms with E-state index in [4.69, 9.17) is 0 Å². The van der Waals surface area contributed by atoms with Crippen LogP contribution in [-0.2, 0) is 9.59 Å². The first-order chi connectivity index (χ1) is 10.9. The molecule has 5 atom stereocenters. The van der Waals surface area contributed by atoms with Crippen LogP contribution < -0.4 is 0 Å². The van der Waals surface area contributed by atoms with Gasteiger partial charge < -0.3 is 10.2 Å². The van der Waals surface area contributed by atoms with E-state index in [1.807, 2.05) is 0 Å². The highest BCUT2D eigenvalue weighted by atomic mass is 16.4. The fraction of sp³-hybridized carbons (Fsp3) is 0.684. The highest BCUT2D eigenvalue weighted by molar-refractivity contribution is 5.93. The lowest BCUT2D eigenvalue weighted by Crippen LogP contribution is -2.46. The molecule has 23 heavy (non-hydrogen) atoms. The van der Waals surface area contributed by atoms with Crippen LogP contribution in [0.1, 0.15) is 51.9 Å². The molecule has 4 rings (SSSR count). The third-order valence-corrected chi connectivity index (χ3v) is 7.05. The number of rotatable bonds is 1. The van der Waals surface area contributed by atoms with E-state index in [-0.39, 0.29) is 29.1 Å². The molecule has 0 aromatic rings. The third-order valence-electron chi connectivity index (χ3n) is 7.05. The zero-order chi connectivity index (χ0) is 16.4. The maximum Gasteiger partial charge on any atom is 0.307 e. The summed E-state index contributed by atoms with van der Waals surface area (Å²) in [6, 6.07) is 0. The highest BCUT2D eigenvalue weighted by Gasteiger charge is 2.56. The molecule has 2 fully saturated rings. The topological polar surface area (TPSA) is 74.6 Å². The van der Waals surface area contributed by atoms with Crippen molar-refractivity contribution in [3.8, 4) is 0 Å². The Bertz CT molecular complexity index is 644. The van der Waals surface area contributed by atoms with Crippen molar-refractivity contribution in [3.63, 3.8) is 0 Å². The summed E-state index contributed by atoms with van der Waals surface area (Å²) in [6.07, 6.45) is 6.70. The smallest absolute Gasteiger partial charge is 0.307 e. The van der Waals surface area contributed by atoms with Gasteiger partial charge in [0.15, 0.2) is 5.78 Å². The van der Waals surface area contributed by atoms with E-state index in [1.165, 1.54) is 11.1 Å². The zero-order valence-corrected chi connectivity index (χ0v) is 13.5. The molecule has 0 aromatic heterocycles. The summed E-state index contributed by atoms with van der Waals surface area (Å²) in [6.45, 7) is 2.14. The zero-order valence-electron chi connectivity index (χ0n) is 13.5. The van der Waals surface area contributed by atoms with Crippen LogP contribution in [0.3, 0.4) is 0 Å². The quantitative estimate of drug-likeness (QED) is 0.780. The van der Waals surface area contributed by atoms with Gasteiger partial charge in [0.1, 0.15) is 0 Å². The lowest BCUT2D eigenvalue weighted by molar-refractivity contribution is -0.145. The van der Waals surface area contributed by atoms with E-state index in [0.717, 1.165) is 37.7 Å². The predicted molar refractivity (Wildman–Crippen MR) is 84.7 cm³/mol. The average Bonchev–Trinajstić information content (AvgIpc) is 2.81. The summed E-state index contributed by atoms with van der Waals surface area (Å²) < 4.78 is 0. The molecule has 2 N–H and O–H groups in total. The molecule has 4 nitrogen and oxygen atoms in total. The van der Waals surface area contributed by atoms with Gasteiger partial charge in [-0.15, -0.1) is 0 Å². The number of aliphatic carboxylic acids is 1. The summed E-state index contributed by atoms with van der Waals surface area (Å²) >= 11 is 0. The van der Waals surface area contributed by atoms with Crippen LogP contribution in [0.5, 0.6) is 0 Å². The van der Waals surface area contributed by atoms with E-state index in [1.54, 1.807) is 6.08 Å². The van der Waals surface area contributed by atoms with Gasteiger partial charge in [-0.1, -0.05) is 12.5 Å². The number of hydrogen-bond donors (Lipinski definition) is 2. The molecule has 0 saturated heterocycles. The Morgan fingerprint density at radius 3 is 2.78 bits per heavy atom. The fourth-order valence-electron chi connectivity index (χ4n) is 5.79. The van der Waals surface area contributed by atoms with Gasteiger partial charge in [0.2, 0.25) is 0 Å². The normalized spacial score (nSPS) is 42.7. The number of carbonyl (C=O) groups is 2. The molecule has 0 aliphatic heterocycles. The minimum Gasteiger partial charge on any atom is -0.481 e. The molecule has 0 amide bonds. The summed E-state index contributed by atoms with van der Waals surface area (Å²) in [5.41, 5.74) is 3.39. The van der Waals surface area contributed by atoms with Crippen LogP contribution in [-0.4, -0.2) is 28.1 Å². The molecule has 2 saturated carbocycles. The fourth-order valence-corrected chi connectivity index (χ4v) is 5.79. The van der Waals surface area contributed by atoms with Crippen molar-refractivity contribution in [2.24, 2.45) is 23.2 Å². The van der Waals surface area contributed by atoms with Gasteiger partial charge in [-0.05, 0) is 73.0 Å². The van der Waals surface area contributed by atoms with Gasteiger partial charge in [0.25, 0.3) is 0 Å². The number of aliphatic hydroxyl groups is 1. The van der Waals surface area contributed by atoms with Crippen molar-refractivity contribution in [3.05, 3.63) is 22.8 Å². The number of allylic oxidation sites excluding steroid dienone is 4. The number of hydrogen-bond acceptors (Lipinski definition) is 3. The maximum absolute atomic E-state index is 11.9. The van der Waals surface area contributed by atoms with Crippen LogP contribution in [0.15, 0.2) is 22.8 Å². The molecule has 0 spiro atoms. The standard InChI is InChI=1S/C19H24O4/c1-19-7-6-13-12-3-2-11(20)8-10(12)9-14(18(22)23)17(13)15(19)4-5-16(19)21/h8,14-17,21H,2-7,9H2,1H3,(H,22,23)/t14-,15+,16+,17+,19+/m1/s1. The minimum absolute atomic E-state index is 0.0451. The van der Waals surface area contributed by atoms with Gasteiger partial charge in [0, 0.05) is 6.42 Å². The van der Waals surface area contributed by atoms with Crippen molar-refractivity contribution in [2.45, 2.75) is 58.0 Å². The van der Waals surface area contributed by atoms with Crippen LogP contribution in [0.2, 0.25) is 0 Å². The van der Waals surface area contributed by atoms with Crippen LogP contribution >= 0.6 is 0 Å². The van der Waals surface area contributed by atoms with Crippen molar-refractivity contribution >= 4 is 11.8 Å². The first-order valence-corrected chi connectivity index (χ1v) is 8.78. The van der Waals surface area contributed by atoms with E-state index in [0.29, 0.717) is 12.8 Å². The Hall–Kier alpha value is -1.42. The molecule has 4 aliphatic rings. The molecular formula is C19H24O4. The minimum atomic E-state index is -0.754. The largest absolute Gasteiger partial charge is 0.481 e. The van der Waals surface area contributed by atoms with Crippen LogP contribution in [0.25, 0.3) is 0 Å². The maximum atomic E-state index is 11.9. The van der Waals surface area contributed by atoms with Gasteiger partial charge in [-0.3, -0.25) is 9.59 Å². The van der Waals surface area contributed by atoms with Crippen molar-refractivity contribution in [1.29, 1.82) is 0 Å². The summed E-state index contributed by atoms with van der Waals surface area (Å²) in [7, 11) is 0. The van der Waals surface area contributed by atoms with Gasteiger partial charge >= 0.3 is 5.97 Å². The molecule has 0 heterocycles. The first-order valence-electron chi connectivity index (χ1n) is 8.78. The lowest BCUT2D eigenvalue weighted by Gasteiger charge is -2.50. The molecule has 4 heteroatoms. The summed E-state index contributed by atoms with van der Waals surface area (Å²) in [5.74, 6) is -0.765. The number of carboxylic acids is 1. The van der Waals surface area contributed by atoms with Crippen LogP contribution in [0, 0.1) is 23.2 Å². The van der Waals surface area contributed by atoms with Gasteiger partial charge in [0.05, 0.1) is 12.0 Å². The molecule has 0 bridgehead atoms. The summed E-state index contributed by atoms with van der Waals surface area (Å²) in [4.78, 5) is 23.7. The summed E-state index contributed by atoms with van der Waals surface area (Å²) in [5, 5.41) is 20.3. The second-order valence-electron chi connectivity index (χ2n) is 8.02. The second kappa shape index (κ2) is 5.04. The van der Waals surface area contributed by atoms with Crippen molar-refractivity contribution in [2.75, 3.05) is 0 Å². The van der Waals surface area contributed by atoms with E-state index < -0.39 is 11.9 Å². The number of ketones is 1. The van der Waals surface area contributed by atoms with E-state index in [2.05, 4.69) is 6.92 Å². The molecule has 0 unspecified atom stereocenters. The second-order valence-corrected chi connectivity index (χ2v) is 8.02. The number of carbonyl (C=O) groups excluding carboxylic acids is 1. The molecule has 124 valence electrons. The Labute approximate surface area is 136 Å². The monoisotopic (exact) mass is 316 g/mol. The Morgan fingerprint density at radius 1 is 1.26 bits per heavy atom. The van der Waals surface area contributed by atoms with Gasteiger partial charge in [-0.2, -0.15) is 0 Å². The van der Waals surface area contributed by atoms with Crippen LogP contribution in [0.4, 0.5) is 0 Å². The molecular weight excluding hydrogens is 292 g/mol. The molecule has 0 radical (unpaired) electrons. The molecule has 4 aliphatic carbocycles. The molecule has 0 aromatic carbocycles. The number of carboxylic acid groups (broad SMARTS) is 1. The Kier molecular flexibility index (Phi) is 3.31. The SMILES string of the molecule is C[C@]12CCC3=C4CCC(=O)C=C4C[C@@H](C(=O)O)[C@H]3[C@@H]1CC[C@@H]2O. The lowest BCUT2D eigenvalue weighted by atomic mass is 9.54.